The van der Waals surface area contributed by atoms with Crippen LogP contribution in [-0.2, 0) is 14.9 Å². The van der Waals surface area contributed by atoms with Crippen LogP contribution in [0.5, 0.6) is 17.2 Å². The zero-order valence-corrected chi connectivity index (χ0v) is 15.7. The molecule has 1 fully saturated rings. The highest BCUT2D eigenvalue weighted by atomic mass is 32.2. The zero-order valence-electron chi connectivity index (χ0n) is 13.3. The summed E-state index contributed by atoms with van der Waals surface area (Å²) in [5.74, 6) is -0.888. The van der Waals surface area contributed by atoms with Crippen molar-refractivity contribution in [1.29, 1.82) is 0 Å². The maximum atomic E-state index is 12.4. The monoisotopic (exact) mass is 405 g/mol. The predicted octanol–water partition coefficient (Wildman–Crippen LogP) is 1.50. The van der Waals surface area contributed by atoms with E-state index in [1.807, 2.05) is 0 Å². The largest absolute Gasteiger partial charge is 0.502 e. The lowest BCUT2D eigenvalue weighted by Gasteiger charge is -2.12. The van der Waals surface area contributed by atoms with Crippen LogP contribution in [0.25, 0.3) is 6.08 Å². The van der Waals surface area contributed by atoms with E-state index in [1.54, 1.807) is 0 Å². The van der Waals surface area contributed by atoms with Gasteiger partial charge in [0, 0.05) is 6.54 Å². The Bertz CT molecular complexity index is 823. The second-order valence-corrected chi connectivity index (χ2v) is 8.14. The van der Waals surface area contributed by atoms with E-state index in [-0.39, 0.29) is 33.0 Å². The molecule has 1 aliphatic heterocycles. The maximum Gasteiger partial charge on any atom is 0.266 e. The molecule has 1 amide bonds. The number of ether oxygens (including phenoxy) is 2. The van der Waals surface area contributed by atoms with Crippen molar-refractivity contribution < 1.29 is 32.3 Å². The molecule has 1 saturated heterocycles. The van der Waals surface area contributed by atoms with Gasteiger partial charge in [0.15, 0.2) is 11.5 Å². The Balaban J connectivity index is 2.30. The number of hydrogen-bond acceptors (Lipinski definition) is 8. The molecule has 0 unspecified atom stereocenters. The first kappa shape index (κ1) is 19.5. The first-order valence-corrected chi connectivity index (χ1v) is 9.65. The van der Waals surface area contributed by atoms with Gasteiger partial charge in [0.25, 0.3) is 16.0 Å². The Kier molecular flexibility index (Phi) is 5.93. The molecule has 0 atom stereocenters. The van der Waals surface area contributed by atoms with Crippen molar-refractivity contribution >= 4 is 50.4 Å². The summed E-state index contributed by atoms with van der Waals surface area (Å²) in [6.07, 6.45) is 1.53. The van der Waals surface area contributed by atoms with E-state index in [1.165, 1.54) is 32.4 Å². The number of rotatable bonds is 6. The van der Waals surface area contributed by atoms with Gasteiger partial charge in [-0.05, 0) is 23.8 Å². The number of aromatic hydroxyl groups is 1. The number of carbonyl (C=O) groups is 1. The molecule has 0 saturated carbocycles. The number of thiocarbonyl (C=S) groups is 1. The molecule has 0 bridgehead atoms. The molecule has 2 N–H and O–H groups in total. The molecule has 1 heterocycles. The second-order valence-electron chi connectivity index (χ2n) is 4.89. The molecule has 0 aliphatic carbocycles. The SMILES string of the molecule is COc1cc(C=C2SC(=S)N(CCS(=O)(=O)O)C2=O)cc(OC)c1O. The summed E-state index contributed by atoms with van der Waals surface area (Å²) in [7, 11) is -1.44. The maximum absolute atomic E-state index is 12.4. The van der Waals surface area contributed by atoms with Crippen LogP contribution in [0, 0.1) is 0 Å². The number of thioether (sulfide) groups is 1. The predicted molar refractivity (Wildman–Crippen MR) is 97.5 cm³/mol. The fourth-order valence-corrected chi connectivity index (χ4v) is 3.77. The summed E-state index contributed by atoms with van der Waals surface area (Å²) in [5, 5.41) is 9.90. The highest BCUT2D eigenvalue weighted by Gasteiger charge is 2.32. The third-order valence-corrected chi connectivity index (χ3v) is 5.32. The van der Waals surface area contributed by atoms with Crippen molar-refractivity contribution in [3.8, 4) is 17.2 Å². The summed E-state index contributed by atoms with van der Waals surface area (Å²) in [4.78, 5) is 13.8. The van der Waals surface area contributed by atoms with Crippen molar-refractivity contribution in [2.45, 2.75) is 0 Å². The van der Waals surface area contributed by atoms with Crippen LogP contribution in [0.2, 0.25) is 0 Å². The third-order valence-electron chi connectivity index (χ3n) is 3.25. The lowest BCUT2D eigenvalue weighted by atomic mass is 10.1. The quantitative estimate of drug-likeness (QED) is 0.413. The van der Waals surface area contributed by atoms with E-state index in [2.05, 4.69) is 0 Å². The standard InChI is InChI=1S/C14H15NO7S3/c1-21-9-5-8(6-10(22-2)12(9)16)7-11-13(17)15(14(23)24-11)3-4-25(18,19)20/h5-7,16H,3-4H2,1-2H3,(H,18,19,20). The van der Waals surface area contributed by atoms with Gasteiger partial charge >= 0.3 is 0 Å². The first-order chi connectivity index (χ1) is 11.7. The van der Waals surface area contributed by atoms with Crippen molar-refractivity contribution in [2.24, 2.45) is 0 Å². The molecule has 136 valence electrons. The number of phenols is 1. The van der Waals surface area contributed by atoms with Crippen LogP contribution >= 0.6 is 24.0 Å². The third kappa shape index (κ3) is 4.63. The summed E-state index contributed by atoms with van der Waals surface area (Å²) in [6.45, 7) is -0.233. The van der Waals surface area contributed by atoms with E-state index >= 15 is 0 Å². The average Bonchev–Trinajstić information content (AvgIpc) is 2.80. The summed E-state index contributed by atoms with van der Waals surface area (Å²) in [5.41, 5.74) is 0.529. The fraction of sp³-hybridized carbons (Fsp3) is 0.286. The zero-order chi connectivity index (χ0) is 18.8. The van der Waals surface area contributed by atoms with Crippen molar-refractivity contribution in [2.75, 3.05) is 26.5 Å². The van der Waals surface area contributed by atoms with Crippen LogP contribution in [0.15, 0.2) is 17.0 Å². The number of carbonyl (C=O) groups excluding carboxylic acids is 1. The van der Waals surface area contributed by atoms with Crippen LogP contribution in [-0.4, -0.2) is 59.7 Å². The Hall–Kier alpha value is -1.82. The van der Waals surface area contributed by atoms with Gasteiger partial charge in [0.1, 0.15) is 4.32 Å². The van der Waals surface area contributed by atoms with Crippen LogP contribution in [0.4, 0.5) is 0 Å². The number of nitrogens with zero attached hydrogens (tertiary/aromatic N) is 1. The Labute approximate surface area is 154 Å². The molecule has 0 spiro atoms. The van der Waals surface area contributed by atoms with E-state index < -0.39 is 21.8 Å². The Morgan fingerprint density at radius 3 is 2.32 bits per heavy atom. The molecule has 1 aromatic rings. The van der Waals surface area contributed by atoms with Crippen molar-refractivity contribution in [3.63, 3.8) is 0 Å². The van der Waals surface area contributed by atoms with Crippen molar-refractivity contribution in [1.82, 2.24) is 4.90 Å². The molecule has 1 aliphatic rings. The number of benzene rings is 1. The van der Waals surface area contributed by atoms with Gasteiger partial charge in [-0.2, -0.15) is 8.42 Å². The lowest BCUT2D eigenvalue weighted by Crippen LogP contribution is -2.32. The second kappa shape index (κ2) is 7.60. The number of hydrogen-bond donors (Lipinski definition) is 2. The molecule has 8 nitrogen and oxygen atoms in total. The number of methoxy groups -OCH3 is 2. The van der Waals surface area contributed by atoms with Crippen LogP contribution in [0.1, 0.15) is 5.56 Å². The molecule has 2 rings (SSSR count). The molecule has 11 heteroatoms. The normalized spacial score (nSPS) is 16.6. The summed E-state index contributed by atoms with van der Waals surface area (Å²) < 4.78 is 40.8. The minimum absolute atomic E-state index is 0.164. The highest BCUT2D eigenvalue weighted by Crippen LogP contribution is 2.39. The highest BCUT2D eigenvalue weighted by molar-refractivity contribution is 8.26. The van der Waals surface area contributed by atoms with Gasteiger partial charge in [0.05, 0.1) is 24.9 Å². The van der Waals surface area contributed by atoms with Gasteiger partial charge in [-0.25, -0.2) is 0 Å². The fourth-order valence-electron chi connectivity index (χ4n) is 2.05. The topological polar surface area (TPSA) is 113 Å². The minimum Gasteiger partial charge on any atom is -0.502 e. The molecule has 0 aromatic heterocycles. The first-order valence-electron chi connectivity index (χ1n) is 6.81. The van der Waals surface area contributed by atoms with E-state index in [9.17, 15) is 18.3 Å². The van der Waals surface area contributed by atoms with Crippen LogP contribution < -0.4 is 9.47 Å². The number of amides is 1. The van der Waals surface area contributed by atoms with E-state index in [4.69, 9.17) is 26.2 Å². The smallest absolute Gasteiger partial charge is 0.266 e. The molecular formula is C14H15NO7S3. The van der Waals surface area contributed by atoms with Gasteiger partial charge in [-0.3, -0.25) is 14.2 Å². The van der Waals surface area contributed by atoms with Gasteiger partial charge in [-0.15, -0.1) is 0 Å². The molecular weight excluding hydrogens is 390 g/mol. The van der Waals surface area contributed by atoms with Crippen LogP contribution in [0.3, 0.4) is 0 Å². The summed E-state index contributed by atoms with van der Waals surface area (Å²) >= 11 is 6.09. The van der Waals surface area contributed by atoms with E-state index in [0.29, 0.717) is 5.56 Å². The molecule has 25 heavy (non-hydrogen) atoms. The molecule has 0 radical (unpaired) electrons. The Morgan fingerprint density at radius 1 is 1.28 bits per heavy atom. The number of phenolic OH excluding ortho intramolecular Hbond substituents is 1. The Morgan fingerprint density at radius 2 is 1.84 bits per heavy atom. The van der Waals surface area contributed by atoms with Gasteiger partial charge in [-0.1, -0.05) is 24.0 Å². The molecule has 1 aromatic carbocycles. The lowest BCUT2D eigenvalue weighted by molar-refractivity contribution is -0.121. The minimum atomic E-state index is -4.20. The van der Waals surface area contributed by atoms with Gasteiger partial charge < -0.3 is 14.6 Å². The summed E-state index contributed by atoms with van der Waals surface area (Å²) in [6, 6.07) is 3.03. The van der Waals surface area contributed by atoms with Crippen molar-refractivity contribution in [3.05, 3.63) is 22.6 Å². The van der Waals surface area contributed by atoms with E-state index in [0.717, 1.165) is 16.7 Å². The van der Waals surface area contributed by atoms with Gasteiger partial charge in [0.2, 0.25) is 5.75 Å². The average molecular weight is 405 g/mol.